The molecule has 6 nitrogen and oxygen atoms in total. The molecule has 1 fully saturated rings. The van der Waals surface area contributed by atoms with Crippen LogP contribution in [0.2, 0.25) is 0 Å². The maximum Gasteiger partial charge on any atom is 0.269 e. The Balaban J connectivity index is 1.95. The summed E-state index contributed by atoms with van der Waals surface area (Å²) in [5, 5.41) is 12.8. The average Bonchev–Trinajstić information content (AvgIpc) is 3.19. The van der Waals surface area contributed by atoms with Crippen LogP contribution in [0, 0.1) is 22.0 Å². The van der Waals surface area contributed by atoms with Crippen molar-refractivity contribution in [3.8, 4) is 0 Å². The molecule has 1 aromatic rings. The van der Waals surface area contributed by atoms with Crippen LogP contribution < -0.4 is 5.32 Å². The summed E-state index contributed by atoms with van der Waals surface area (Å²) in [4.78, 5) is 32.8. The minimum absolute atomic E-state index is 0.00210. The molecular formula is C13H13ClN2O4. The number of hydrogen-bond acceptors (Lipinski definition) is 4. The van der Waals surface area contributed by atoms with Crippen LogP contribution in [-0.4, -0.2) is 16.1 Å². The van der Waals surface area contributed by atoms with Gasteiger partial charge in [-0.05, 0) is 30.5 Å². The Kier molecular flexibility index (Phi) is 4.04. The van der Waals surface area contributed by atoms with Crippen LogP contribution in [0.1, 0.15) is 24.9 Å². The number of halogens is 1. The summed E-state index contributed by atoms with van der Waals surface area (Å²) in [7, 11) is 0. The first-order valence-corrected chi connectivity index (χ1v) is 6.52. The third-order valence-electron chi connectivity index (χ3n) is 3.38. The number of non-ortho nitro benzene ring substituents is 1. The molecule has 0 heterocycles. The smallest absolute Gasteiger partial charge is 0.269 e. The van der Waals surface area contributed by atoms with Crippen molar-refractivity contribution in [3.05, 3.63) is 39.9 Å². The molecule has 0 aliphatic heterocycles. The lowest BCUT2D eigenvalue weighted by atomic mass is 10.1. The molecule has 0 aromatic heterocycles. The summed E-state index contributed by atoms with van der Waals surface area (Å²) in [5.74, 6) is -0.934. The van der Waals surface area contributed by atoms with E-state index in [4.69, 9.17) is 11.6 Å². The Morgan fingerprint density at radius 1 is 1.35 bits per heavy atom. The van der Waals surface area contributed by atoms with Gasteiger partial charge in [0.1, 0.15) is 0 Å². The second-order valence-corrected chi connectivity index (χ2v) is 5.20. The van der Waals surface area contributed by atoms with E-state index in [1.807, 2.05) is 0 Å². The van der Waals surface area contributed by atoms with Crippen LogP contribution in [0.25, 0.3) is 0 Å². The lowest BCUT2D eigenvalue weighted by molar-refractivity contribution is -0.384. The van der Waals surface area contributed by atoms with E-state index < -0.39 is 10.2 Å². The summed E-state index contributed by atoms with van der Waals surface area (Å²) < 4.78 is 0. The lowest BCUT2D eigenvalue weighted by Crippen LogP contribution is -2.28. The highest BCUT2D eigenvalue weighted by molar-refractivity contribution is 6.64. The molecular weight excluding hydrogens is 284 g/mol. The highest BCUT2D eigenvalue weighted by Gasteiger charge is 2.47. The maximum absolute atomic E-state index is 11.8. The quantitative estimate of drug-likeness (QED) is 0.512. The number of carbonyl (C=O) groups excluding carboxylic acids is 2. The number of carbonyl (C=O) groups is 2. The first-order chi connectivity index (χ1) is 9.40. The fraction of sp³-hybridized carbons (Fsp3) is 0.385. The minimum atomic E-state index is -0.479. The SMILES string of the molecule is CC(NC(=O)C1CC1C(=O)Cl)c1ccc([N+](=O)[O-])cc1. The van der Waals surface area contributed by atoms with Crippen molar-refractivity contribution in [1.29, 1.82) is 0 Å². The second-order valence-electron chi connectivity index (χ2n) is 4.83. The Labute approximate surface area is 120 Å². The Morgan fingerprint density at radius 3 is 2.40 bits per heavy atom. The summed E-state index contributed by atoms with van der Waals surface area (Å²) in [6.45, 7) is 1.78. The predicted octanol–water partition coefficient (Wildman–Crippen LogP) is 2.17. The van der Waals surface area contributed by atoms with Crippen molar-refractivity contribution >= 4 is 28.4 Å². The lowest BCUT2D eigenvalue weighted by Gasteiger charge is -2.14. The molecule has 1 N–H and O–H groups in total. The van der Waals surface area contributed by atoms with Gasteiger partial charge in [-0.2, -0.15) is 0 Å². The van der Waals surface area contributed by atoms with Crippen LogP contribution >= 0.6 is 11.6 Å². The Hall–Kier alpha value is -1.95. The number of benzene rings is 1. The molecule has 1 aliphatic rings. The molecule has 2 rings (SSSR count). The van der Waals surface area contributed by atoms with Gasteiger partial charge in [0.25, 0.3) is 5.69 Å². The van der Waals surface area contributed by atoms with Gasteiger partial charge in [0.05, 0.1) is 11.0 Å². The molecule has 0 spiro atoms. The summed E-state index contributed by atoms with van der Waals surface area (Å²) in [5.41, 5.74) is 0.764. The van der Waals surface area contributed by atoms with E-state index in [1.54, 1.807) is 19.1 Å². The minimum Gasteiger partial charge on any atom is -0.349 e. The van der Waals surface area contributed by atoms with Gasteiger partial charge in [0.2, 0.25) is 11.1 Å². The first kappa shape index (κ1) is 14.5. The molecule has 1 aromatic carbocycles. The Bertz CT molecular complexity index is 558. The standard InChI is InChI=1S/C13H13ClN2O4/c1-7(8-2-4-9(5-3-8)16(19)20)15-13(18)11-6-10(11)12(14)17/h2-5,7,10-11H,6H2,1H3,(H,15,18). The normalized spacial score (nSPS) is 21.9. The van der Waals surface area contributed by atoms with Crippen LogP contribution in [-0.2, 0) is 9.59 Å². The van der Waals surface area contributed by atoms with Gasteiger partial charge >= 0.3 is 0 Å². The highest BCUT2D eigenvalue weighted by Crippen LogP contribution is 2.40. The molecule has 7 heteroatoms. The molecule has 106 valence electrons. The van der Waals surface area contributed by atoms with Crippen LogP contribution in [0.4, 0.5) is 5.69 Å². The largest absolute Gasteiger partial charge is 0.349 e. The van der Waals surface area contributed by atoms with Gasteiger partial charge in [-0.3, -0.25) is 19.7 Å². The number of hydrogen-bond donors (Lipinski definition) is 1. The molecule has 1 saturated carbocycles. The predicted molar refractivity (Wildman–Crippen MR) is 72.1 cm³/mol. The number of nitrogens with one attached hydrogen (secondary N) is 1. The molecule has 1 amide bonds. The average molecular weight is 297 g/mol. The van der Waals surface area contributed by atoms with Crippen LogP contribution in [0.3, 0.4) is 0 Å². The van der Waals surface area contributed by atoms with Gasteiger partial charge in [0, 0.05) is 24.0 Å². The van der Waals surface area contributed by atoms with Crippen molar-refractivity contribution in [2.24, 2.45) is 11.8 Å². The van der Waals surface area contributed by atoms with E-state index in [0.29, 0.717) is 6.42 Å². The molecule has 0 radical (unpaired) electrons. The molecule has 3 unspecified atom stereocenters. The fourth-order valence-corrected chi connectivity index (χ4v) is 2.27. The van der Waals surface area contributed by atoms with E-state index in [1.165, 1.54) is 12.1 Å². The van der Waals surface area contributed by atoms with E-state index in [2.05, 4.69) is 5.32 Å². The van der Waals surface area contributed by atoms with E-state index in [9.17, 15) is 19.7 Å². The molecule has 0 saturated heterocycles. The van der Waals surface area contributed by atoms with Crippen molar-refractivity contribution in [2.45, 2.75) is 19.4 Å². The highest BCUT2D eigenvalue weighted by atomic mass is 35.5. The monoisotopic (exact) mass is 296 g/mol. The number of nitro benzene ring substituents is 1. The zero-order valence-electron chi connectivity index (χ0n) is 10.7. The summed E-state index contributed by atoms with van der Waals surface area (Å²) in [6.07, 6.45) is 0.487. The van der Waals surface area contributed by atoms with Crippen LogP contribution in [0.15, 0.2) is 24.3 Å². The first-order valence-electron chi connectivity index (χ1n) is 6.14. The van der Waals surface area contributed by atoms with Gasteiger partial charge in [-0.15, -0.1) is 0 Å². The van der Waals surface area contributed by atoms with Gasteiger partial charge in [0.15, 0.2) is 0 Å². The van der Waals surface area contributed by atoms with Gasteiger partial charge in [-0.1, -0.05) is 12.1 Å². The van der Waals surface area contributed by atoms with Crippen molar-refractivity contribution in [2.75, 3.05) is 0 Å². The molecule has 3 atom stereocenters. The van der Waals surface area contributed by atoms with Gasteiger partial charge in [-0.25, -0.2) is 0 Å². The summed E-state index contributed by atoms with van der Waals surface area (Å²) >= 11 is 5.33. The third kappa shape index (κ3) is 3.14. The van der Waals surface area contributed by atoms with E-state index >= 15 is 0 Å². The number of amides is 1. The Morgan fingerprint density at radius 2 is 1.95 bits per heavy atom. The zero-order valence-corrected chi connectivity index (χ0v) is 11.5. The molecule has 1 aliphatic carbocycles. The van der Waals surface area contributed by atoms with Crippen molar-refractivity contribution in [1.82, 2.24) is 5.32 Å². The number of rotatable bonds is 5. The molecule has 0 bridgehead atoms. The van der Waals surface area contributed by atoms with Gasteiger partial charge < -0.3 is 5.32 Å². The second kappa shape index (κ2) is 5.58. The maximum atomic E-state index is 11.8. The van der Waals surface area contributed by atoms with Crippen LogP contribution in [0.5, 0.6) is 0 Å². The topological polar surface area (TPSA) is 89.3 Å². The van der Waals surface area contributed by atoms with E-state index in [-0.39, 0.29) is 29.5 Å². The van der Waals surface area contributed by atoms with Crippen molar-refractivity contribution in [3.63, 3.8) is 0 Å². The molecule has 20 heavy (non-hydrogen) atoms. The zero-order chi connectivity index (χ0) is 14.9. The third-order valence-corrected chi connectivity index (χ3v) is 3.66. The van der Waals surface area contributed by atoms with E-state index in [0.717, 1.165) is 5.56 Å². The number of nitro groups is 1. The summed E-state index contributed by atoms with van der Waals surface area (Å²) in [6, 6.07) is 5.69. The fourth-order valence-electron chi connectivity index (χ4n) is 2.02. The van der Waals surface area contributed by atoms with Crippen molar-refractivity contribution < 1.29 is 14.5 Å². The number of nitrogens with zero attached hydrogens (tertiary/aromatic N) is 1.